The Balaban J connectivity index is 0.00000100. The van der Waals surface area contributed by atoms with Crippen LogP contribution in [0.2, 0.25) is 0 Å². The summed E-state index contributed by atoms with van der Waals surface area (Å²) in [6.45, 7) is 12.5. The molecule has 1 N–H and O–H groups in total. The van der Waals surface area contributed by atoms with Crippen molar-refractivity contribution in [1.82, 2.24) is 4.90 Å². The lowest BCUT2D eigenvalue weighted by molar-refractivity contribution is -0.120. The van der Waals surface area contributed by atoms with Crippen LogP contribution in [-0.4, -0.2) is 35.6 Å². The highest BCUT2D eigenvalue weighted by molar-refractivity contribution is 6.07. The number of fused-ring (bicyclic) bond motifs is 2. The summed E-state index contributed by atoms with van der Waals surface area (Å²) in [5, 5.41) is 2.95. The largest absolute Gasteiger partial charge is 0.444 e. The number of rotatable bonds is 0. The van der Waals surface area contributed by atoms with Gasteiger partial charge in [0.2, 0.25) is 5.91 Å². The molecule has 2 aliphatic rings. The number of carbonyl (C=O) groups excluding carboxylic acids is 2. The molecule has 1 spiro atoms. The van der Waals surface area contributed by atoms with Crippen molar-refractivity contribution in [3.05, 3.63) is 29.3 Å². The van der Waals surface area contributed by atoms with Gasteiger partial charge in [0, 0.05) is 18.8 Å². The van der Waals surface area contributed by atoms with Gasteiger partial charge in [0.15, 0.2) is 0 Å². The summed E-state index contributed by atoms with van der Waals surface area (Å²) >= 11 is 0. The van der Waals surface area contributed by atoms with Gasteiger partial charge in [0.1, 0.15) is 5.60 Å². The third-order valence-electron chi connectivity index (χ3n) is 4.29. The highest BCUT2D eigenvalue weighted by Gasteiger charge is 2.52. The number of benzene rings is 1. The van der Waals surface area contributed by atoms with Gasteiger partial charge in [-0.3, -0.25) is 4.79 Å². The molecule has 2 amide bonds. The van der Waals surface area contributed by atoms with E-state index in [4.69, 9.17) is 4.74 Å². The van der Waals surface area contributed by atoms with Gasteiger partial charge in [-0.05, 0) is 45.7 Å². The van der Waals surface area contributed by atoms with Crippen LogP contribution in [0.25, 0.3) is 0 Å². The van der Waals surface area contributed by atoms with Gasteiger partial charge in [-0.25, -0.2) is 4.79 Å². The zero-order chi connectivity index (χ0) is 18.1. The molecule has 1 unspecified atom stereocenters. The van der Waals surface area contributed by atoms with Crippen molar-refractivity contribution < 1.29 is 14.3 Å². The molecule has 0 radical (unpaired) electrons. The predicted octanol–water partition coefficient (Wildman–Crippen LogP) is 3.85. The number of anilines is 1. The van der Waals surface area contributed by atoms with E-state index in [0.29, 0.717) is 19.5 Å². The molecule has 3 rings (SSSR count). The number of amides is 2. The zero-order valence-electron chi connectivity index (χ0n) is 15.5. The zero-order valence-corrected chi connectivity index (χ0v) is 15.5. The van der Waals surface area contributed by atoms with E-state index in [1.54, 1.807) is 4.90 Å². The first-order valence-corrected chi connectivity index (χ1v) is 8.62. The van der Waals surface area contributed by atoms with Crippen LogP contribution in [-0.2, 0) is 14.9 Å². The molecule has 2 heterocycles. The summed E-state index contributed by atoms with van der Waals surface area (Å²) in [7, 11) is 0. The van der Waals surface area contributed by atoms with Gasteiger partial charge in [-0.1, -0.05) is 31.5 Å². The maximum atomic E-state index is 12.5. The quantitative estimate of drug-likeness (QED) is 0.785. The van der Waals surface area contributed by atoms with Crippen LogP contribution in [0.15, 0.2) is 18.2 Å². The fourth-order valence-corrected chi connectivity index (χ4v) is 3.22. The SMILES string of the molecule is CC.Cc1ccc2c(c1)C1(CCN(C(=O)OC(C)(C)C)C1)C(=O)N2. The van der Waals surface area contributed by atoms with Crippen molar-refractivity contribution in [2.75, 3.05) is 18.4 Å². The molecule has 1 aromatic carbocycles. The third-order valence-corrected chi connectivity index (χ3v) is 4.29. The Labute approximate surface area is 144 Å². The molecule has 5 heteroatoms. The molecule has 24 heavy (non-hydrogen) atoms. The molecule has 0 bridgehead atoms. The second kappa shape index (κ2) is 6.46. The number of hydrogen-bond acceptors (Lipinski definition) is 3. The minimum absolute atomic E-state index is 0.0147. The van der Waals surface area contributed by atoms with E-state index in [1.165, 1.54) is 0 Å². The number of likely N-dealkylation sites (tertiary alicyclic amines) is 1. The molecule has 5 nitrogen and oxygen atoms in total. The minimum Gasteiger partial charge on any atom is -0.444 e. The summed E-state index contributed by atoms with van der Waals surface area (Å²) in [6.07, 6.45) is 0.285. The summed E-state index contributed by atoms with van der Waals surface area (Å²) in [6, 6.07) is 5.97. The number of aryl methyl sites for hydroxylation is 1. The number of hydrogen-bond donors (Lipinski definition) is 1. The molecule has 2 aliphatic heterocycles. The second-order valence-corrected chi connectivity index (χ2v) is 7.24. The topological polar surface area (TPSA) is 58.6 Å². The Morgan fingerprint density at radius 2 is 1.96 bits per heavy atom. The first-order valence-electron chi connectivity index (χ1n) is 8.62. The van der Waals surface area contributed by atoms with E-state index in [2.05, 4.69) is 5.32 Å². The fourth-order valence-electron chi connectivity index (χ4n) is 3.22. The van der Waals surface area contributed by atoms with Crippen LogP contribution in [0.1, 0.15) is 52.2 Å². The average molecular weight is 332 g/mol. The summed E-state index contributed by atoms with van der Waals surface area (Å²) in [4.78, 5) is 26.4. The van der Waals surface area contributed by atoms with Gasteiger partial charge in [-0.15, -0.1) is 0 Å². The Hall–Kier alpha value is -2.04. The van der Waals surface area contributed by atoms with Gasteiger partial charge < -0.3 is 15.0 Å². The lowest BCUT2D eigenvalue weighted by Crippen LogP contribution is -2.41. The van der Waals surface area contributed by atoms with Crippen LogP contribution in [0.5, 0.6) is 0 Å². The molecular formula is C19H28N2O3. The first kappa shape index (κ1) is 18.3. The Kier molecular flexibility index (Phi) is 4.92. The molecular weight excluding hydrogens is 304 g/mol. The lowest BCUT2D eigenvalue weighted by Gasteiger charge is -2.26. The van der Waals surface area contributed by atoms with Crippen LogP contribution >= 0.6 is 0 Å². The van der Waals surface area contributed by atoms with Crippen molar-refractivity contribution >= 4 is 17.7 Å². The maximum absolute atomic E-state index is 12.5. The third kappa shape index (κ3) is 3.25. The van der Waals surface area contributed by atoms with Crippen LogP contribution in [0.4, 0.5) is 10.5 Å². The Morgan fingerprint density at radius 1 is 1.29 bits per heavy atom. The average Bonchev–Trinajstić information content (AvgIpc) is 3.05. The summed E-state index contributed by atoms with van der Waals surface area (Å²) in [5.74, 6) is -0.0147. The molecule has 1 saturated heterocycles. The van der Waals surface area contributed by atoms with E-state index in [1.807, 2.05) is 59.7 Å². The van der Waals surface area contributed by atoms with E-state index in [-0.39, 0.29) is 12.0 Å². The summed E-state index contributed by atoms with van der Waals surface area (Å²) in [5.41, 5.74) is 1.83. The van der Waals surface area contributed by atoms with Crippen molar-refractivity contribution in [2.45, 2.75) is 59.0 Å². The molecule has 1 atom stereocenters. The molecule has 132 valence electrons. The molecule has 0 aromatic heterocycles. The van der Waals surface area contributed by atoms with Crippen LogP contribution in [0, 0.1) is 6.92 Å². The number of nitrogens with one attached hydrogen (secondary N) is 1. The first-order chi connectivity index (χ1) is 11.2. The smallest absolute Gasteiger partial charge is 0.410 e. The molecule has 1 fully saturated rings. The molecule has 0 aliphatic carbocycles. The standard InChI is InChI=1S/C17H22N2O3.C2H6/c1-11-5-6-13-12(9-11)17(14(20)18-13)7-8-19(10-17)15(21)22-16(2,3)4;1-2/h5-6,9H,7-8,10H2,1-4H3,(H,18,20);1-2H3. The number of ether oxygens (including phenoxy) is 1. The highest BCUT2D eigenvalue weighted by Crippen LogP contribution is 2.44. The van der Waals surface area contributed by atoms with Crippen molar-refractivity contribution in [2.24, 2.45) is 0 Å². The summed E-state index contributed by atoms with van der Waals surface area (Å²) < 4.78 is 5.43. The predicted molar refractivity (Wildman–Crippen MR) is 95.3 cm³/mol. The molecule has 0 saturated carbocycles. The van der Waals surface area contributed by atoms with Gasteiger partial charge in [0.25, 0.3) is 0 Å². The number of nitrogens with zero attached hydrogens (tertiary/aromatic N) is 1. The van der Waals surface area contributed by atoms with E-state index in [9.17, 15) is 9.59 Å². The highest BCUT2D eigenvalue weighted by atomic mass is 16.6. The normalized spacial score (nSPS) is 21.9. The van der Waals surface area contributed by atoms with Gasteiger partial charge >= 0.3 is 6.09 Å². The van der Waals surface area contributed by atoms with Crippen molar-refractivity contribution in [3.63, 3.8) is 0 Å². The van der Waals surface area contributed by atoms with Crippen molar-refractivity contribution in [3.8, 4) is 0 Å². The second-order valence-electron chi connectivity index (χ2n) is 7.24. The maximum Gasteiger partial charge on any atom is 0.410 e. The van der Waals surface area contributed by atoms with Crippen molar-refractivity contribution in [1.29, 1.82) is 0 Å². The van der Waals surface area contributed by atoms with Gasteiger partial charge in [-0.2, -0.15) is 0 Å². The van der Waals surface area contributed by atoms with E-state index < -0.39 is 11.0 Å². The Morgan fingerprint density at radius 3 is 2.58 bits per heavy atom. The lowest BCUT2D eigenvalue weighted by atomic mass is 9.80. The van der Waals surface area contributed by atoms with Crippen LogP contribution < -0.4 is 5.32 Å². The van der Waals surface area contributed by atoms with Crippen LogP contribution in [0.3, 0.4) is 0 Å². The minimum atomic E-state index is -0.627. The van der Waals surface area contributed by atoms with E-state index >= 15 is 0 Å². The fraction of sp³-hybridized carbons (Fsp3) is 0.579. The monoisotopic (exact) mass is 332 g/mol. The molecule has 1 aromatic rings. The van der Waals surface area contributed by atoms with Gasteiger partial charge in [0.05, 0.1) is 5.41 Å². The van der Waals surface area contributed by atoms with E-state index in [0.717, 1.165) is 16.8 Å². The Bertz CT molecular complexity index is 649. The number of carbonyl (C=O) groups is 2.